The molecular weight excluding hydrogens is 360 g/mol. The molecule has 10 nitrogen and oxygen atoms in total. The first-order valence-corrected chi connectivity index (χ1v) is 7.99. The monoisotopic (exact) mass is 380 g/mol. The minimum Gasteiger partial charge on any atom is -0.382 e. The minimum atomic E-state index is -2.96. The molecule has 1 fully saturated rings. The normalized spacial score (nSPS) is 31.2. The number of aliphatic hydroxyl groups excluding tert-OH is 1. The summed E-state index contributed by atoms with van der Waals surface area (Å²) >= 11 is 0. The molecule has 1 aliphatic heterocycles. The summed E-state index contributed by atoms with van der Waals surface area (Å²) in [7, 11) is 0. The fourth-order valence-electron chi connectivity index (χ4n) is 3.04. The molecule has 10 heteroatoms. The number of hydrogen-bond donors (Lipinski definition) is 4. The van der Waals surface area contributed by atoms with Crippen molar-refractivity contribution in [2.75, 3.05) is 0 Å². The number of ether oxygens (including phenoxy) is 1. The molecule has 1 unspecified atom stereocenters. The van der Waals surface area contributed by atoms with Crippen LogP contribution in [0.25, 0.3) is 0 Å². The second-order valence-corrected chi connectivity index (χ2v) is 6.35. The maximum atomic E-state index is 12.4. The van der Waals surface area contributed by atoms with E-state index in [-0.39, 0.29) is 5.56 Å². The third kappa shape index (κ3) is 3.16. The molecule has 1 amide bonds. The van der Waals surface area contributed by atoms with Crippen molar-refractivity contribution in [3.63, 3.8) is 0 Å². The lowest BCUT2D eigenvalue weighted by Gasteiger charge is -2.37. The Labute approximate surface area is 154 Å². The van der Waals surface area contributed by atoms with Crippen LogP contribution in [0.4, 0.5) is 0 Å². The summed E-state index contributed by atoms with van der Waals surface area (Å²) in [6, 6.07) is 2.86. The molecule has 0 spiro atoms. The summed E-state index contributed by atoms with van der Waals surface area (Å²) in [5.41, 5.74) is -5.84. The Bertz CT molecular complexity index is 782. The number of pyridine rings is 1. The van der Waals surface area contributed by atoms with Gasteiger partial charge in [0.1, 0.15) is 12.2 Å². The quantitative estimate of drug-likeness (QED) is 0.442. The van der Waals surface area contributed by atoms with E-state index in [0.29, 0.717) is 0 Å². The van der Waals surface area contributed by atoms with Gasteiger partial charge in [-0.05, 0) is 32.9 Å². The Kier molecular flexibility index (Phi) is 5.57. The summed E-state index contributed by atoms with van der Waals surface area (Å²) in [4.78, 5) is 52.0. The van der Waals surface area contributed by atoms with Crippen molar-refractivity contribution in [3.8, 4) is 0 Å². The zero-order valence-electron chi connectivity index (χ0n) is 14.9. The summed E-state index contributed by atoms with van der Waals surface area (Å²) in [6.45, 7) is 2.72. The average Bonchev–Trinajstić information content (AvgIpc) is 2.85. The minimum absolute atomic E-state index is 0.0499. The number of nitrogens with one attached hydrogen (secondary N) is 1. The van der Waals surface area contributed by atoms with Gasteiger partial charge in [-0.15, -0.1) is 0 Å². The summed E-state index contributed by atoms with van der Waals surface area (Å²) in [5.74, 6) is -3.92. The van der Waals surface area contributed by atoms with Gasteiger partial charge < -0.3 is 25.4 Å². The lowest BCUT2D eigenvalue weighted by Crippen LogP contribution is -2.70. The standard InChI is InChI=1S/C17H20N2O8/c1-8(20)12(23)13-16(25,9(2)21)17(26,10(3)22)15(27-13)19-14(24)11-5-4-6-18-7-11/h4-7,12-13,15,23,25-26H,1-3H3,(H,19,24)/t12?,13-,15-,16-,17+/m1/s1. The second kappa shape index (κ2) is 7.24. The van der Waals surface area contributed by atoms with Crippen LogP contribution in [-0.2, 0) is 19.1 Å². The first-order chi connectivity index (χ1) is 12.5. The highest BCUT2D eigenvalue weighted by atomic mass is 16.6. The van der Waals surface area contributed by atoms with Crippen LogP contribution in [-0.4, -0.2) is 73.2 Å². The number of aromatic nitrogens is 1. The largest absolute Gasteiger partial charge is 0.382 e. The van der Waals surface area contributed by atoms with Crippen molar-refractivity contribution in [1.29, 1.82) is 0 Å². The molecular formula is C17H20N2O8. The Morgan fingerprint density at radius 1 is 1.15 bits per heavy atom. The molecule has 0 saturated carbocycles. The molecule has 0 radical (unpaired) electrons. The lowest BCUT2D eigenvalue weighted by atomic mass is 9.73. The van der Waals surface area contributed by atoms with Crippen LogP contribution in [0, 0.1) is 0 Å². The third-order valence-corrected chi connectivity index (χ3v) is 4.62. The number of nitrogens with zero attached hydrogens (tertiary/aromatic N) is 1. The number of rotatable bonds is 6. The van der Waals surface area contributed by atoms with Crippen LogP contribution in [0.1, 0.15) is 31.1 Å². The SMILES string of the molecule is CC(=O)C(O)[C@H]1O[C@@H](NC(=O)c2cccnc2)[C@@](O)(C(C)=O)[C@@]1(O)C(C)=O. The van der Waals surface area contributed by atoms with E-state index in [9.17, 15) is 34.5 Å². The lowest BCUT2D eigenvalue weighted by molar-refractivity contribution is -0.182. The fraction of sp³-hybridized carbons (Fsp3) is 0.471. The predicted molar refractivity (Wildman–Crippen MR) is 88.3 cm³/mol. The molecule has 0 aromatic carbocycles. The maximum Gasteiger partial charge on any atom is 0.254 e. The third-order valence-electron chi connectivity index (χ3n) is 4.62. The number of carbonyl (C=O) groups is 4. The molecule has 27 heavy (non-hydrogen) atoms. The first kappa shape index (κ1) is 20.8. The molecule has 4 N–H and O–H groups in total. The van der Waals surface area contributed by atoms with Crippen LogP contribution in [0.2, 0.25) is 0 Å². The molecule has 2 rings (SSSR count). The van der Waals surface area contributed by atoms with E-state index in [4.69, 9.17) is 4.74 Å². The summed E-state index contributed by atoms with van der Waals surface area (Å²) in [5, 5.41) is 34.0. The van der Waals surface area contributed by atoms with Gasteiger partial charge in [0.25, 0.3) is 5.91 Å². The van der Waals surface area contributed by atoms with E-state index in [1.54, 1.807) is 0 Å². The average molecular weight is 380 g/mol. The van der Waals surface area contributed by atoms with E-state index >= 15 is 0 Å². The van der Waals surface area contributed by atoms with Gasteiger partial charge in [-0.2, -0.15) is 0 Å². The Hall–Kier alpha value is -2.53. The second-order valence-electron chi connectivity index (χ2n) is 6.35. The molecule has 2 heterocycles. The van der Waals surface area contributed by atoms with Gasteiger partial charge in [-0.3, -0.25) is 24.2 Å². The molecule has 1 aromatic rings. The van der Waals surface area contributed by atoms with E-state index in [1.807, 2.05) is 0 Å². The smallest absolute Gasteiger partial charge is 0.254 e. The highest BCUT2D eigenvalue weighted by Gasteiger charge is 2.73. The van der Waals surface area contributed by atoms with E-state index in [0.717, 1.165) is 20.8 Å². The van der Waals surface area contributed by atoms with E-state index < -0.39 is 52.9 Å². The van der Waals surface area contributed by atoms with Gasteiger partial charge in [0.15, 0.2) is 29.2 Å². The Morgan fingerprint density at radius 3 is 2.19 bits per heavy atom. The molecule has 1 saturated heterocycles. The van der Waals surface area contributed by atoms with Gasteiger partial charge in [0, 0.05) is 12.4 Å². The van der Waals surface area contributed by atoms with Crippen molar-refractivity contribution in [2.45, 2.75) is 50.4 Å². The number of ketones is 3. The number of Topliss-reactive ketones (excluding diaryl/α,β-unsaturated/α-hetero) is 3. The van der Waals surface area contributed by atoms with Crippen LogP contribution >= 0.6 is 0 Å². The van der Waals surface area contributed by atoms with Crippen LogP contribution in [0.3, 0.4) is 0 Å². The highest BCUT2D eigenvalue weighted by Crippen LogP contribution is 2.42. The van der Waals surface area contributed by atoms with E-state index in [1.165, 1.54) is 24.5 Å². The number of hydrogen-bond acceptors (Lipinski definition) is 9. The number of carbonyl (C=O) groups excluding carboxylic acids is 4. The van der Waals surface area contributed by atoms with Gasteiger partial charge in [-0.1, -0.05) is 0 Å². The summed E-state index contributed by atoms with van der Waals surface area (Å²) in [6.07, 6.45) is -3.28. The Morgan fingerprint density at radius 2 is 1.74 bits per heavy atom. The number of amides is 1. The van der Waals surface area contributed by atoms with Crippen LogP contribution < -0.4 is 5.32 Å². The summed E-state index contributed by atoms with van der Waals surface area (Å²) < 4.78 is 5.27. The van der Waals surface area contributed by atoms with Gasteiger partial charge in [0.2, 0.25) is 5.60 Å². The first-order valence-electron chi connectivity index (χ1n) is 7.99. The van der Waals surface area contributed by atoms with Crippen molar-refractivity contribution in [2.24, 2.45) is 0 Å². The highest BCUT2D eigenvalue weighted by molar-refractivity contribution is 6.01. The zero-order chi connectivity index (χ0) is 20.6. The van der Waals surface area contributed by atoms with Crippen molar-refractivity contribution < 1.29 is 39.2 Å². The molecule has 146 valence electrons. The van der Waals surface area contributed by atoms with Crippen molar-refractivity contribution >= 4 is 23.3 Å². The van der Waals surface area contributed by atoms with Crippen molar-refractivity contribution in [3.05, 3.63) is 30.1 Å². The molecule has 1 aliphatic rings. The fourth-order valence-corrected chi connectivity index (χ4v) is 3.04. The van der Waals surface area contributed by atoms with E-state index in [2.05, 4.69) is 10.3 Å². The Balaban J connectivity index is 2.50. The molecule has 5 atom stereocenters. The van der Waals surface area contributed by atoms with Gasteiger partial charge >= 0.3 is 0 Å². The number of aliphatic hydroxyl groups is 3. The topological polar surface area (TPSA) is 163 Å². The molecule has 1 aromatic heterocycles. The van der Waals surface area contributed by atoms with Gasteiger partial charge in [0.05, 0.1) is 5.56 Å². The van der Waals surface area contributed by atoms with Crippen molar-refractivity contribution in [1.82, 2.24) is 10.3 Å². The van der Waals surface area contributed by atoms with Gasteiger partial charge in [-0.25, -0.2) is 0 Å². The van der Waals surface area contributed by atoms with Crippen LogP contribution in [0.15, 0.2) is 24.5 Å². The predicted octanol–water partition coefficient (Wildman–Crippen LogP) is -1.87. The maximum absolute atomic E-state index is 12.4. The van der Waals surface area contributed by atoms with Crippen LogP contribution in [0.5, 0.6) is 0 Å². The molecule has 0 aliphatic carbocycles. The molecule has 0 bridgehead atoms. The zero-order valence-corrected chi connectivity index (χ0v) is 14.9.